The molecule has 0 radical (unpaired) electrons. The number of carbonyl (C=O) groups excluding carboxylic acids is 1. The van der Waals surface area contributed by atoms with Gasteiger partial charge in [-0.15, -0.1) is 5.10 Å². The maximum atomic E-state index is 13.1. The summed E-state index contributed by atoms with van der Waals surface area (Å²) in [7, 11) is 0. The average Bonchev–Trinajstić information content (AvgIpc) is 3.15. The van der Waals surface area contributed by atoms with Crippen molar-refractivity contribution < 1.29 is 4.79 Å². The number of likely N-dealkylation sites (tertiary alicyclic amines) is 1. The summed E-state index contributed by atoms with van der Waals surface area (Å²) >= 11 is 0. The van der Waals surface area contributed by atoms with Crippen molar-refractivity contribution in [3.63, 3.8) is 0 Å². The molecule has 1 amide bonds. The van der Waals surface area contributed by atoms with Crippen LogP contribution in [0.15, 0.2) is 30.3 Å². The zero-order valence-electron chi connectivity index (χ0n) is 16.9. The van der Waals surface area contributed by atoms with E-state index in [1.54, 1.807) is 4.52 Å². The molecule has 28 heavy (non-hydrogen) atoms. The van der Waals surface area contributed by atoms with Crippen LogP contribution in [0.1, 0.15) is 49.6 Å². The van der Waals surface area contributed by atoms with E-state index in [4.69, 9.17) is 0 Å². The normalized spacial score (nSPS) is 17.2. The Balaban J connectivity index is 1.66. The van der Waals surface area contributed by atoms with E-state index in [0.717, 1.165) is 48.3 Å². The van der Waals surface area contributed by atoms with Crippen LogP contribution in [0.3, 0.4) is 0 Å². The van der Waals surface area contributed by atoms with Crippen LogP contribution < -0.4 is 0 Å². The summed E-state index contributed by atoms with van der Waals surface area (Å²) in [6.45, 7) is 6.99. The molecule has 0 bridgehead atoms. The highest BCUT2D eigenvalue weighted by atomic mass is 16.2. The Kier molecular flexibility index (Phi) is 5.11. The number of aryl methyl sites for hydroxylation is 2. The molecule has 1 fully saturated rings. The lowest BCUT2D eigenvalue weighted by Crippen LogP contribution is -2.44. The molecule has 6 heteroatoms. The highest BCUT2D eigenvalue weighted by Crippen LogP contribution is 2.23. The van der Waals surface area contributed by atoms with E-state index in [1.165, 1.54) is 6.42 Å². The van der Waals surface area contributed by atoms with Crippen LogP contribution in [0.2, 0.25) is 0 Å². The third-order valence-electron chi connectivity index (χ3n) is 5.83. The topological polar surface area (TPSA) is 63.4 Å². The van der Waals surface area contributed by atoms with Gasteiger partial charge in [-0.3, -0.25) is 4.79 Å². The lowest BCUT2D eigenvalue weighted by molar-refractivity contribution is -0.134. The van der Waals surface area contributed by atoms with Gasteiger partial charge in [0.1, 0.15) is 0 Å². The van der Waals surface area contributed by atoms with Crippen molar-refractivity contribution in [2.24, 2.45) is 0 Å². The third kappa shape index (κ3) is 3.39. The number of carbonyl (C=O) groups is 1. The second-order valence-electron chi connectivity index (χ2n) is 7.60. The smallest absolute Gasteiger partial charge is 0.253 e. The van der Waals surface area contributed by atoms with Crippen LogP contribution in [-0.4, -0.2) is 43.0 Å². The van der Waals surface area contributed by atoms with Gasteiger partial charge in [0, 0.05) is 35.1 Å². The fourth-order valence-corrected chi connectivity index (χ4v) is 4.18. The lowest BCUT2D eigenvalue weighted by atomic mass is 9.98. The first-order valence-corrected chi connectivity index (χ1v) is 10.2. The predicted octanol–water partition coefficient (Wildman–Crippen LogP) is 3.74. The SMILES string of the molecule is CCC1CCCCN1C(=O)Cc1c(C)nc2nc(-c3ccccc3)nn2c1C. The Bertz CT molecular complexity index is 995. The van der Waals surface area contributed by atoms with Crippen molar-refractivity contribution in [3.8, 4) is 11.4 Å². The molecule has 1 saturated heterocycles. The fraction of sp³-hybridized carbons (Fsp3) is 0.455. The van der Waals surface area contributed by atoms with Gasteiger partial charge < -0.3 is 4.90 Å². The van der Waals surface area contributed by atoms with E-state index in [0.29, 0.717) is 24.1 Å². The highest BCUT2D eigenvalue weighted by molar-refractivity contribution is 5.80. The number of fused-ring (bicyclic) bond motifs is 1. The minimum absolute atomic E-state index is 0.197. The van der Waals surface area contributed by atoms with Gasteiger partial charge in [0.2, 0.25) is 5.91 Å². The van der Waals surface area contributed by atoms with Crippen LogP contribution >= 0.6 is 0 Å². The first-order valence-electron chi connectivity index (χ1n) is 10.2. The Morgan fingerprint density at radius 3 is 2.68 bits per heavy atom. The summed E-state index contributed by atoms with van der Waals surface area (Å²) in [5, 5.41) is 4.65. The molecular weight excluding hydrogens is 350 g/mol. The van der Waals surface area contributed by atoms with E-state index in [2.05, 4.69) is 26.9 Å². The maximum Gasteiger partial charge on any atom is 0.253 e. The summed E-state index contributed by atoms with van der Waals surface area (Å²) in [6.07, 6.45) is 4.82. The largest absolute Gasteiger partial charge is 0.339 e. The molecule has 6 nitrogen and oxygen atoms in total. The summed E-state index contributed by atoms with van der Waals surface area (Å²) in [5.74, 6) is 1.43. The van der Waals surface area contributed by atoms with Gasteiger partial charge >= 0.3 is 0 Å². The zero-order chi connectivity index (χ0) is 19.7. The molecule has 0 spiro atoms. The van der Waals surface area contributed by atoms with Crippen molar-refractivity contribution >= 4 is 11.7 Å². The second-order valence-corrected chi connectivity index (χ2v) is 7.60. The Morgan fingerprint density at radius 1 is 1.14 bits per heavy atom. The molecule has 1 unspecified atom stereocenters. The first kappa shape index (κ1) is 18.6. The minimum Gasteiger partial charge on any atom is -0.339 e. The molecule has 0 saturated carbocycles. The second kappa shape index (κ2) is 7.70. The molecule has 1 aromatic carbocycles. The first-order chi connectivity index (χ1) is 13.6. The van der Waals surface area contributed by atoms with Crippen LogP contribution in [0.4, 0.5) is 0 Å². The monoisotopic (exact) mass is 377 g/mol. The molecule has 0 aliphatic carbocycles. The lowest BCUT2D eigenvalue weighted by Gasteiger charge is -2.35. The van der Waals surface area contributed by atoms with E-state index >= 15 is 0 Å². The van der Waals surface area contributed by atoms with Gasteiger partial charge in [-0.2, -0.15) is 4.98 Å². The molecular formula is C22H27N5O. The molecule has 3 aromatic rings. The molecule has 146 valence electrons. The van der Waals surface area contributed by atoms with Crippen LogP contribution in [0.25, 0.3) is 17.2 Å². The van der Waals surface area contributed by atoms with Gasteiger partial charge in [0.15, 0.2) is 5.82 Å². The standard InChI is InChI=1S/C22H27N5O/c1-4-18-12-8-9-13-26(18)20(28)14-19-15(2)23-22-24-21(25-27(22)16(19)3)17-10-6-5-7-11-17/h5-7,10-11,18H,4,8-9,12-14H2,1-3H3. The van der Waals surface area contributed by atoms with Crippen molar-refractivity contribution in [2.75, 3.05) is 6.54 Å². The molecule has 1 aliphatic heterocycles. The number of piperidine rings is 1. The van der Waals surface area contributed by atoms with Gasteiger partial charge in [0.25, 0.3) is 5.78 Å². The number of hydrogen-bond donors (Lipinski definition) is 0. The van der Waals surface area contributed by atoms with Crippen molar-refractivity contribution in [1.29, 1.82) is 0 Å². The summed E-state index contributed by atoms with van der Waals surface area (Å²) < 4.78 is 1.77. The Labute approximate surface area is 165 Å². The zero-order valence-corrected chi connectivity index (χ0v) is 16.9. The quantitative estimate of drug-likeness (QED) is 0.695. The Morgan fingerprint density at radius 2 is 1.93 bits per heavy atom. The Hall–Kier alpha value is -2.76. The third-order valence-corrected chi connectivity index (χ3v) is 5.83. The molecule has 0 N–H and O–H groups in total. The van der Waals surface area contributed by atoms with Crippen molar-refractivity contribution in [1.82, 2.24) is 24.5 Å². The van der Waals surface area contributed by atoms with Crippen LogP contribution in [0, 0.1) is 13.8 Å². The van der Waals surface area contributed by atoms with E-state index in [9.17, 15) is 4.79 Å². The molecule has 3 heterocycles. The number of hydrogen-bond acceptors (Lipinski definition) is 4. The van der Waals surface area contributed by atoms with Gasteiger partial charge in [-0.1, -0.05) is 37.3 Å². The summed E-state index contributed by atoms with van der Waals surface area (Å²) in [6, 6.07) is 10.3. The van der Waals surface area contributed by atoms with E-state index in [-0.39, 0.29) is 5.91 Å². The average molecular weight is 377 g/mol. The predicted molar refractivity (Wildman–Crippen MR) is 109 cm³/mol. The molecule has 2 aromatic heterocycles. The molecule has 4 rings (SSSR count). The van der Waals surface area contributed by atoms with Crippen LogP contribution in [-0.2, 0) is 11.2 Å². The van der Waals surface area contributed by atoms with Crippen LogP contribution in [0.5, 0.6) is 0 Å². The van der Waals surface area contributed by atoms with Gasteiger partial charge in [-0.25, -0.2) is 9.50 Å². The number of amides is 1. The van der Waals surface area contributed by atoms with Gasteiger partial charge in [-0.05, 0) is 39.5 Å². The molecule has 1 atom stereocenters. The number of benzene rings is 1. The van der Waals surface area contributed by atoms with Crippen molar-refractivity contribution in [2.45, 2.75) is 58.9 Å². The fourth-order valence-electron chi connectivity index (χ4n) is 4.18. The molecule has 1 aliphatic rings. The summed E-state index contributed by atoms with van der Waals surface area (Å²) in [4.78, 5) is 24.4. The van der Waals surface area contributed by atoms with Gasteiger partial charge in [0.05, 0.1) is 6.42 Å². The maximum absolute atomic E-state index is 13.1. The van der Waals surface area contributed by atoms with Crippen molar-refractivity contribution in [3.05, 3.63) is 47.3 Å². The number of rotatable bonds is 4. The number of nitrogens with zero attached hydrogens (tertiary/aromatic N) is 5. The van der Waals surface area contributed by atoms with E-state index in [1.807, 2.05) is 44.2 Å². The minimum atomic E-state index is 0.197. The highest BCUT2D eigenvalue weighted by Gasteiger charge is 2.26. The number of aromatic nitrogens is 4. The summed E-state index contributed by atoms with van der Waals surface area (Å²) in [5.41, 5.74) is 3.72. The van der Waals surface area contributed by atoms with E-state index < -0.39 is 0 Å².